The number of unbranched alkanes of at least 4 members (excludes halogenated alkanes) is 12. The molecule has 0 atom stereocenters. The van der Waals surface area contributed by atoms with Crippen molar-refractivity contribution in [3.05, 3.63) is 23.3 Å². The largest absolute Gasteiger partial charge is 2.00 e. The van der Waals surface area contributed by atoms with Gasteiger partial charge in [0, 0.05) is 0 Å². The third-order valence-electron chi connectivity index (χ3n) is 5.21. The molecule has 0 amide bonds. The van der Waals surface area contributed by atoms with Crippen molar-refractivity contribution < 1.29 is 39.6 Å². The second-order valence-corrected chi connectivity index (χ2v) is 8.29. The average Bonchev–Trinajstić information content (AvgIpc) is 2.76. The fraction of sp³-hybridized carbons (Fsp3) is 0.692. The van der Waals surface area contributed by atoms with Crippen LogP contribution in [0.4, 0.5) is 0 Å². The zero-order chi connectivity index (χ0) is 26.2. The van der Waals surface area contributed by atoms with Crippen LogP contribution in [0.25, 0.3) is 0 Å². The van der Waals surface area contributed by atoms with Gasteiger partial charge in [-0.15, -0.1) is 0 Å². The summed E-state index contributed by atoms with van der Waals surface area (Å²) in [5, 5.41) is 41.6. The van der Waals surface area contributed by atoms with Crippen LogP contribution < -0.4 is 20.4 Å². The standard InChI is InChI=1S/2C13H22O4.2Mg/c2*1-2-3-4-5-6-7-8-9-11(13(16)17)10-12(14)15;;/h2*10H,2-9H2,1H3,(H,14,15)(H,16,17);;/q;;2*+2/p-4/b2*11-10-;;. The van der Waals surface area contributed by atoms with Crippen molar-refractivity contribution in [3.8, 4) is 0 Å². The molecule has 0 heterocycles. The molecule has 0 spiro atoms. The third-order valence-corrected chi connectivity index (χ3v) is 5.21. The van der Waals surface area contributed by atoms with Crippen molar-refractivity contribution in [3.63, 3.8) is 0 Å². The molecule has 0 aliphatic heterocycles. The van der Waals surface area contributed by atoms with Crippen LogP contribution >= 0.6 is 0 Å². The predicted octanol–water partition coefficient (Wildman–Crippen LogP) is 0.345. The number of rotatable bonds is 20. The summed E-state index contributed by atoms with van der Waals surface area (Å²) in [6.07, 6.45) is 16.6. The molecule has 0 aromatic rings. The number of carbonyl (C=O) groups excluding carboxylic acids is 4. The molecule has 0 bridgehead atoms. The summed E-state index contributed by atoms with van der Waals surface area (Å²) in [5.74, 6) is -5.79. The van der Waals surface area contributed by atoms with E-state index in [1.165, 1.54) is 38.5 Å². The summed E-state index contributed by atoms with van der Waals surface area (Å²) >= 11 is 0. The van der Waals surface area contributed by atoms with Crippen molar-refractivity contribution in [2.75, 3.05) is 0 Å². The summed E-state index contributed by atoms with van der Waals surface area (Å²) in [7, 11) is 0. The van der Waals surface area contributed by atoms with Crippen molar-refractivity contribution >= 4 is 70.0 Å². The molecule has 36 heavy (non-hydrogen) atoms. The van der Waals surface area contributed by atoms with Gasteiger partial charge in [-0.25, -0.2) is 0 Å². The Kier molecular flexibility index (Phi) is 35.1. The van der Waals surface area contributed by atoms with Crippen LogP contribution in [-0.2, 0) is 19.2 Å². The Balaban J connectivity index is -0.000000269. The Morgan fingerprint density at radius 1 is 0.472 bits per heavy atom. The molecule has 10 heteroatoms. The number of carboxylic acid groups (broad SMARTS) is 4. The molecule has 8 nitrogen and oxygen atoms in total. The molecular formula is C26H40Mg2O8. The fourth-order valence-electron chi connectivity index (χ4n) is 3.30. The van der Waals surface area contributed by atoms with Gasteiger partial charge < -0.3 is 39.6 Å². The second kappa shape index (κ2) is 30.1. The zero-order valence-electron chi connectivity index (χ0n) is 22.1. The van der Waals surface area contributed by atoms with E-state index >= 15 is 0 Å². The molecule has 0 radical (unpaired) electrons. The van der Waals surface area contributed by atoms with E-state index in [-0.39, 0.29) is 70.1 Å². The average molecular weight is 529 g/mol. The molecule has 0 unspecified atom stereocenters. The quantitative estimate of drug-likeness (QED) is 0.124. The first kappa shape index (κ1) is 42.0. The minimum Gasteiger partial charge on any atom is -0.545 e. The van der Waals surface area contributed by atoms with E-state index in [2.05, 4.69) is 13.8 Å². The van der Waals surface area contributed by atoms with Crippen LogP contribution in [0.3, 0.4) is 0 Å². The molecule has 0 aliphatic carbocycles. The monoisotopic (exact) mass is 528 g/mol. The van der Waals surface area contributed by atoms with Crippen LogP contribution in [0.5, 0.6) is 0 Å². The Morgan fingerprint density at radius 3 is 0.944 bits per heavy atom. The predicted molar refractivity (Wildman–Crippen MR) is 133 cm³/mol. The van der Waals surface area contributed by atoms with Gasteiger partial charge in [0.2, 0.25) is 0 Å². The van der Waals surface area contributed by atoms with E-state index in [4.69, 9.17) is 0 Å². The number of hydrogen-bond acceptors (Lipinski definition) is 8. The van der Waals surface area contributed by atoms with Gasteiger partial charge in [-0.3, -0.25) is 0 Å². The Labute approximate surface area is 248 Å². The van der Waals surface area contributed by atoms with Crippen LogP contribution in [0.15, 0.2) is 23.3 Å². The Hall–Kier alpha value is -1.11. The van der Waals surface area contributed by atoms with Gasteiger partial charge in [0.15, 0.2) is 0 Å². The van der Waals surface area contributed by atoms with Crippen LogP contribution in [-0.4, -0.2) is 70.0 Å². The number of carbonyl (C=O) groups is 4. The molecule has 196 valence electrons. The summed E-state index contributed by atoms with van der Waals surface area (Å²) in [5.41, 5.74) is -0.364. The van der Waals surface area contributed by atoms with Crippen molar-refractivity contribution in [2.24, 2.45) is 0 Å². The maximum Gasteiger partial charge on any atom is 2.00 e. The molecular weight excluding hydrogens is 489 g/mol. The van der Waals surface area contributed by atoms with E-state index in [9.17, 15) is 39.6 Å². The maximum atomic E-state index is 10.6. The van der Waals surface area contributed by atoms with Gasteiger partial charge in [0.25, 0.3) is 0 Å². The van der Waals surface area contributed by atoms with Crippen LogP contribution in [0, 0.1) is 0 Å². The molecule has 0 fully saturated rings. The Bertz CT molecular complexity index is 604. The fourth-order valence-corrected chi connectivity index (χ4v) is 3.30. The van der Waals surface area contributed by atoms with Crippen LogP contribution in [0.1, 0.15) is 117 Å². The van der Waals surface area contributed by atoms with E-state index < -0.39 is 23.9 Å². The van der Waals surface area contributed by atoms with E-state index in [0.717, 1.165) is 38.5 Å². The summed E-state index contributed by atoms with van der Waals surface area (Å²) in [6, 6.07) is 0. The van der Waals surface area contributed by atoms with Gasteiger partial charge in [0.05, 0.1) is 23.9 Å². The van der Waals surface area contributed by atoms with Gasteiger partial charge in [-0.05, 0) is 49.0 Å². The summed E-state index contributed by atoms with van der Waals surface area (Å²) < 4.78 is 0. The Morgan fingerprint density at radius 2 is 0.722 bits per heavy atom. The second-order valence-electron chi connectivity index (χ2n) is 8.29. The summed E-state index contributed by atoms with van der Waals surface area (Å²) in [6.45, 7) is 4.30. The van der Waals surface area contributed by atoms with Crippen LogP contribution in [0.2, 0.25) is 0 Å². The number of carboxylic acids is 4. The summed E-state index contributed by atoms with van der Waals surface area (Å²) in [4.78, 5) is 41.6. The minimum absolute atomic E-state index is 0. The third kappa shape index (κ3) is 30.9. The molecule has 0 aromatic heterocycles. The van der Waals surface area contributed by atoms with Gasteiger partial charge in [-0.2, -0.15) is 0 Å². The SMILES string of the molecule is CCCCCCCCC/C(=C/C(=O)[O-])C(=O)[O-].CCCCCCCCC/C(=C/C(=O)[O-])C(=O)[O-].[Mg+2].[Mg+2]. The first-order valence-corrected chi connectivity index (χ1v) is 12.4. The number of hydrogen-bond donors (Lipinski definition) is 0. The van der Waals surface area contributed by atoms with Crippen molar-refractivity contribution in [1.29, 1.82) is 0 Å². The topological polar surface area (TPSA) is 161 Å². The van der Waals surface area contributed by atoms with Crippen molar-refractivity contribution in [2.45, 2.75) is 117 Å². The van der Waals surface area contributed by atoms with Gasteiger partial charge in [0.1, 0.15) is 0 Å². The van der Waals surface area contributed by atoms with E-state index in [1.54, 1.807) is 0 Å². The number of aliphatic carboxylic acids is 4. The molecule has 0 aliphatic rings. The van der Waals surface area contributed by atoms with Gasteiger partial charge in [-0.1, -0.05) is 90.9 Å². The van der Waals surface area contributed by atoms with Gasteiger partial charge >= 0.3 is 46.1 Å². The molecule has 0 N–H and O–H groups in total. The maximum absolute atomic E-state index is 10.6. The minimum atomic E-state index is -1.48. The smallest absolute Gasteiger partial charge is 0.545 e. The normalized spacial score (nSPS) is 10.8. The molecule has 0 saturated heterocycles. The van der Waals surface area contributed by atoms with Crippen molar-refractivity contribution in [1.82, 2.24) is 0 Å². The molecule has 0 saturated carbocycles. The molecule has 0 aromatic carbocycles. The van der Waals surface area contributed by atoms with E-state index in [1.807, 2.05) is 0 Å². The van der Waals surface area contributed by atoms with E-state index in [0.29, 0.717) is 25.0 Å². The zero-order valence-corrected chi connectivity index (χ0v) is 25.0. The first-order valence-electron chi connectivity index (χ1n) is 12.4. The molecule has 0 rings (SSSR count). The first-order chi connectivity index (χ1) is 16.1.